The van der Waals surface area contributed by atoms with E-state index in [-0.39, 0.29) is 6.42 Å². The highest BCUT2D eigenvalue weighted by molar-refractivity contribution is 7.18. The summed E-state index contributed by atoms with van der Waals surface area (Å²) in [5, 5.41) is 12.3. The fourth-order valence-corrected chi connectivity index (χ4v) is 3.05. The molecule has 1 atom stereocenters. The average Bonchev–Trinajstić information content (AvgIpc) is 2.92. The maximum Gasteiger partial charge on any atom is 0.334 e. The number of carboxylic acid groups (broad SMARTS) is 1. The molecule has 0 bridgehead atoms. The van der Waals surface area contributed by atoms with E-state index in [1.54, 1.807) is 49.4 Å². The van der Waals surface area contributed by atoms with Gasteiger partial charge in [-0.1, -0.05) is 48.9 Å². The molecule has 110 valence electrons. The second-order valence-electron chi connectivity index (χ2n) is 4.49. The lowest BCUT2D eigenvalue weighted by molar-refractivity contribution is -0.145. The van der Waals surface area contributed by atoms with E-state index in [1.165, 1.54) is 0 Å². The second-order valence-corrected chi connectivity index (χ2v) is 6.20. The molecule has 0 aliphatic carbocycles. The monoisotopic (exact) mass is 323 g/mol. The van der Waals surface area contributed by atoms with Gasteiger partial charge in [-0.3, -0.25) is 4.79 Å². The van der Waals surface area contributed by atoms with Gasteiger partial charge in [0.15, 0.2) is 5.54 Å². The smallest absolute Gasteiger partial charge is 0.334 e. The van der Waals surface area contributed by atoms with Gasteiger partial charge in [-0.2, -0.15) is 0 Å². The summed E-state index contributed by atoms with van der Waals surface area (Å²) < 4.78 is 0.484. The summed E-state index contributed by atoms with van der Waals surface area (Å²) in [5.74, 6) is -1.53. The highest BCUT2D eigenvalue weighted by Crippen LogP contribution is 2.28. The molecular weight excluding hydrogens is 310 g/mol. The number of thiophene rings is 1. The molecule has 2 N–H and O–H groups in total. The quantitative estimate of drug-likeness (QED) is 0.884. The number of aliphatic carboxylic acids is 1. The minimum atomic E-state index is -1.45. The zero-order chi connectivity index (χ0) is 15.5. The number of rotatable bonds is 5. The minimum absolute atomic E-state index is 0.233. The van der Waals surface area contributed by atoms with Crippen molar-refractivity contribution in [1.82, 2.24) is 5.32 Å². The Bertz CT molecular complexity index is 656. The Morgan fingerprint density at radius 1 is 1.24 bits per heavy atom. The predicted octanol–water partition coefficient (Wildman–Crippen LogP) is 3.52. The van der Waals surface area contributed by atoms with Crippen LogP contribution in [0.1, 0.15) is 28.6 Å². The number of halogens is 1. The summed E-state index contributed by atoms with van der Waals surface area (Å²) in [6, 6.07) is 11.9. The highest BCUT2D eigenvalue weighted by Gasteiger charge is 2.40. The Labute approximate surface area is 131 Å². The number of carbonyl (C=O) groups is 2. The molecule has 1 unspecified atom stereocenters. The molecule has 1 aromatic carbocycles. The molecule has 0 aliphatic rings. The topological polar surface area (TPSA) is 66.4 Å². The van der Waals surface area contributed by atoms with Crippen LogP contribution in [-0.2, 0) is 10.3 Å². The molecule has 0 fully saturated rings. The number of amides is 1. The fraction of sp³-hybridized carbons (Fsp3) is 0.200. The molecular formula is C15H14ClNO3S. The van der Waals surface area contributed by atoms with Crippen molar-refractivity contribution < 1.29 is 14.7 Å². The van der Waals surface area contributed by atoms with Gasteiger partial charge in [0, 0.05) is 0 Å². The first-order valence-corrected chi connectivity index (χ1v) is 7.56. The third-order valence-corrected chi connectivity index (χ3v) is 4.52. The van der Waals surface area contributed by atoms with E-state index in [0.717, 1.165) is 11.3 Å². The minimum Gasteiger partial charge on any atom is -0.479 e. The molecule has 1 aromatic heterocycles. The van der Waals surface area contributed by atoms with Gasteiger partial charge in [-0.15, -0.1) is 11.3 Å². The van der Waals surface area contributed by atoms with Gasteiger partial charge in [-0.05, 0) is 24.1 Å². The summed E-state index contributed by atoms with van der Waals surface area (Å²) in [4.78, 5) is 24.5. The Kier molecular flexibility index (Phi) is 4.65. The van der Waals surface area contributed by atoms with E-state index in [4.69, 9.17) is 11.6 Å². The zero-order valence-corrected chi connectivity index (χ0v) is 12.9. The number of benzene rings is 1. The Morgan fingerprint density at radius 3 is 2.38 bits per heavy atom. The van der Waals surface area contributed by atoms with Gasteiger partial charge >= 0.3 is 5.97 Å². The van der Waals surface area contributed by atoms with Gasteiger partial charge in [0.1, 0.15) is 0 Å². The largest absolute Gasteiger partial charge is 0.479 e. The lowest BCUT2D eigenvalue weighted by Gasteiger charge is -2.29. The van der Waals surface area contributed by atoms with Crippen LogP contribution in [-0.4, -0.2) is 17.0 Å². The molecule has 6 heteroatoms. The Balaban J connectivity index is 2.38. The zero-order valence-electron chi connectivity index (χ0n) is 11.3. The van der Waals surface area contributed by atoms with Crippen molar-refractivity contribution in [2.24, 2.45) is 0 Å². The molecule has 0 saturated heterocycles. The van der Waals surface area contributed by atoms with Crippen molar-refractivity contribution in [1.29, 1.82) is 0 Å². The normalized spacial score (nSPS) is 13.4. The van der Waals surface area contributed by atoms with E-state index in [2.05, 4.69) is 5.32 Å². The van der Waals surface area contributed by atoms with E-state index >= 15 is 0 Å². The predicted molar refractivity (Wildman–Crippen MR) is 82.8 cm³/mol. The summed E-state index contributed by atoms with van der Waals surface area (Å²) in [6.07, 6.45) is 0.233. The number of carboxylic acids is 1. The van der Waals surface area contributed by atoms with Crippen LogP contribution in [0.3, 0.4) is 0 Å². The molecule has 2 aromatic rings. The van der Waals surface area contributed by atoms with Crippen LogP contribution in [0, 0.1) is 0 Å². The van der Waals surface area contributed by atoms with Gasteiger partial charge in [0.05, 0.1) is 9.21 Å². The maximum atomic E-state index is 12.3. The average molecular weight is 324 g/mol. The van der Waals surface area contributed by atoms with Crippen LogP contribution in [0.4, 0.5) is 0 Å². The van der Waals surface area contributed by atoms with E-state index < -0.39 is 17.4 Å². The van der Waals surface area contributed by atoms with E-state index in [1.807, 2.05) is 0 Å². The van der Waals surface area contributed by atoms with Crippen LogP contribution in [0.2, 0.25) is 4.34 Å². The van der Waals surface area contributed by atoms with Crippen LogP contribution in [0.25, 0.3) is 0 Å². The van der Waals surface area contributed by atoms with Gasteiger partial charge in [0.2, 0.25) is 0 Å². The highest BCUT2D eigenvalue weighted by atomic mass is 35.5. The van der Waals surface area contributed by atoms with E-state index in [0.29, 0.717) is 14.8 Å². The number of carbonyl (C=O) groups excluding carboxylic acids is 1. The maximum absolute atomic E-state index is 12.3. The molecule has 21 heavy (non-hydrogen) atoms. The number of nitrogens with one attached hydrogen (secondary N) is 1. The molecule has 1 heterocycles. The fourth-order valence-electron chi connectivity index (χ4n) is 2.11. The second kappa shape index (κ2) is 6.28. The summed E-state index contributed by atoms with van der Waals surface area (Å²) in [7, 11) is 0. The first-order valence-electron chi connectivity index (χ1n) is 6.36. The lowest BCUT2D eigenvalue weighted by atomic mass is 9.87. The molecule has 0 saturated carbocycles. The Morgan fingerprint density at radius 2 is 1.90 bits per heavy atom. The molecule has 0 spiro atoms. The van der Waals surface area contributed by atoms with Gasteiger partial charge in [0.25, 0.3) is 5.91 Å². The van der Waals surface area contributed by atoms with Gasteiger partial charge < -0.3 is 10.4 Å². The van der Waals surface area contributed by atoms with Crippen LogP contribution >= 0.6 is 22.9 Å². The number of hydrogen-bond donors (Lipinski definition) is 2. The van der Waals surface area contributed by atoms with Crippen molar-refractivity contribution in [3.8, 4) is 0 Å². The third-order valence-electron chi connectivity index (χ3n) is 3.29. The van der Waals surface area contributed by atoms with Crippen molar-refractivity contribution in [3.05, 3.63) is 57.2 Å². The van der Waals surface area contributed by atoms with Crippen molar-refractivity contribution >= 4 is 34.8 Å². The summed E-state index contributed by atoms with van der Waals surface area (Å²) >= 11 is 6.93. The number of hydrogen-bond acceptors (Lipinski definition) is 3. The van der Waals surface area contributed by atoms with Crippen molar-refractivity contribution in [2.45, 2.75) is 18.9 Å². The van der Waals surface area contributed by atoms with Crippen LogP contribution in [0.5, 0.6) is 0 Å². The molecule has 0 radical (unpaired) electrons. The molecule has 1 amide bonds. The van der Waals surface area contributed by atoms with E-state index in [9.17, 15) is 14.7 Å². The van der Waals surface area contributed by atoms with Crippen molar-refractivity contribution in [3.63, 3.8) is 0 Å². The molecule has 0 aliphatic heterocycles. The molecule has 2 rings (SSSR count). The standard InChI is InChI=1S/C15H14ClNO3S/c1-2-15(14(19)20,10-6-4-3-5-7-10)17-13(18)11-8-9-12(16)21-11/h3-9H,2H2,1H3,(H,17,18)(H,19,20). The third kappa shape index (κ3) is 3.09. The van der Waals surface area contributed by atoms with Crippen molar-refractivity contribution in [2.75, 3.05) is 0 Å². The summed E-state index contributed by atoms with van der Waals surface area (Å²) in [6.45, 7) is 1.73. The van der Waals surface area contributed by atoms with Crippen LogP contribution < -0.4 is 5.32 Å². The first kappa shape index (κ1) is 15.5. The Hall–Kier alpha value is -1.85. The summed E-state index contributed by atoms with van der Waals surface area (Å²) in [5.41, 5.74) is -0.912. The lowest BCUT2D eigenvalue weighted by Crippen LogP contribution is -2.51. The van der Waals surface area contributed by atoms with Gasteiger partial charge in [-0.25, -0.2) is 4.79 Å². The van der Waals surface area contributed by atoms with Crippen LogP contribution in [0.15, 0.2) is 42.5 Å². The molecule has 4 nitrogen and oxygen atoms in total. The first-order chi connectivity index (χ1) is 9.99. The SMILES string of the molecule is CCC(NC(=O)c1ccc(Cl)s1)(C(=O)O)c1ccccc1.